The minimum atomic E-state index is -0.868. The lowest BCUT2D eigenvalue weighted by atomic mass is 10.1. The van der Waals surface area contributed by atoms with Crippen molar-refractivity contribution in [1.82, 2.24) is 14.3 Å². The number of aromatic nitrogens is 2. The maximum absolute atomic E-state index is 13.7. The lowest BCUT2D eigenvalue weighted by Gasteiger charge is -2.29. The molecule has 0 unspecified atom stereocenters. The van der Waals surface area contributed by atoms with Gasteiger partial charge in [-0.25, -0.2) is 4.98 Å². The molecule has 168 valence electrons. The van der Waals surface area contributed by atoms with Gasteiger partial charge in [0.15, 0.2) is 4.96 Å². The standard InChI is InChI=1S/C22H29N3O4S2/c1-30-19-18(20(28)24(13-7-12-17(26)27)14-8-5-6-9-14)21(29)25-15-10-3-2-4-11-16(15)31-22(25)23-19/h14H,2-13H2,1H3,(H,26,27). The van der Waals surface area contributed by atoms with Crippen LogP contribution in [0, 0.1) is 0 Å². The zero-order chi connectivity index (χ0) is 22.0. The summed E-state index contributed by atoms with van der Waals surface area (Å²) < 4.78 is 1.68. The van der Waals surface area contributed by atoms with Gasteiger partial charge in [0.1, 0.15) is 10.6 Å². The van der Waals surface area contributed by atoms with Crippen LogP contribution in [0.4, 0.5) is 0 Å². The zero-order valence-electron chi connectivity index (χ0n) is 17.9. The molecule has 2 aliphatic rings. The number of amides is 1. The van der Waals surface area contributed by atoms with Gasteiger partial charge in [-0.1, -0.05) is 19.3 Å². The normalized spacial score (nSPS) is 16.9. The van der Waals surface area contributed by atoms with Crippen molar-refractivity contribution in [2.75, 3.05) is 12.8 Å². The number of aliphatic carboxylic acids is 1. The Morgan fingerprint density at radius 3 is 2.65 bits per heavy atom. The van der Waals surface area contributed by atoms with Gasteiger partial charge in [0.25, 0.3) is 11.5 Å². The lowest BCUT2D eigenvalue weighted by Crippen LogP contribution is -2.43. The summed E-state index contributed by atoms with van der Waals surface area (Å²) in [6.07, 6.45) is 11.3. The van der Waals surface area contributed by atoms with Gasteiger partial charge in [-0.05, 0) is 51.2 Å². The maximum atomic E-state index is 13.7. The van der Waals surface area contributed by atoms with E-state index in [1.165, 1.54) is 16.6 Å². The molecule has 2 aliphatic carbocycles. The smallest absolute Gasteiger partial charge is 0.303 e. The molecule has 2 heterocycles. The molecule has 0 radical (unpaired) electrons. The Hall–Kier alpha value is -1.87. The predicted octanol–water partition coefficient (Wildman–Crippen LogP) is 4.00. The topological polar surface area (TPSA) is 92.0 Å². The second-order valence-electron chi connectivity index (χ2n) is 8.39. The fourth-order valence-corrected chi connectivity index (χ4v) is 6.64. The number of carbonyl (C=O) groups is 2. The highest BCUT2D eigenvalue weighted by Crippen LogP contribution is 2.31. The zero-order valence-corrected chi connectivity index (χ0v) is 19.5. The SMILES string of the molecule is CSc1nc2sc3c(n2c(=O)c1C(=O)N(CCCC(=O)O)C1CCCC1)CCCCC3. The Labute approximate surface area is 189 Å². The van der Waals surface area contributed by atoms with E-state index in [4.69, 9.17) is 10.1 Å². The first-order chi connectivity index (χ1) is 15.0. The van der Waals surface area contributed by atoms with E-state index in [0.29, 0.717) is 23.0 Å². The van der Waals surface area contributed by atoms with Gasteiger partial charge in [-0.15, -0.1) is 23.1 Å². The number of hydrogen-bond donors (Lipinski definition) is 1. The number of thiazole rings is 1. The summed E-state index contributed by atoms with van der Waals surface area (Å²) >= 11 is 2.91. The molecular weight excluding hydrogens is 434 g/mol. The molecule has 0 atom stereocenters. The monoisotopic (exact) mass is 463 g/mol. The van der Waals surface area contributed by atoms with Crippen LogP contribution in [0.25, 0.3) is 4.96 Å². The lowest BCUT2D eigenvalue weighted by molar-refractivity contribution is -0.137. The molecule has 1 saturated carbocycles. The first-order valence-electron chi connectivity index (χ1n) is 11.1. The largest absolute Gasteiger partial charge is 0.481 e. The Balaban J connectivity index is 1.77. The first-order valence-corrected chi connectivity index (χ1v) is 13.2. The van der Waals surface area contributed by atoms with Crippen LogP contribution in [-0.2, 0) is 17.6 Å². The van der Waals surface area contributed by atoms with E-state index in [-0.39, 0.29) is 29.5 Å². The number of carboxylic acid groups (broad SMARTS) is 1. The van der Waals surface area contributed by atoms with E-state index < -0.39 is 5.97 Å². The summed E-state index contributed by atoms with van der Waals surface area (Å²) in [6.45, 7) is 0.355. The first kappa shape index (κ1) is 22.3. The van der Waals surface area contributed by atoms with Crippen LogP contribution in [0.15, 0.2) is 9.82 Å². The van der Waals surface area contributed by atoms with Gasteiger partial charge in [0.2, 0.25) is 0 Å². The molecule has 2 aromatic heterocycles. The summed E-state index contributed by atoms with van der Waals surface area (Å²) in [5.74, 6) is -1.16. The summed E-state index contributed by atoms with van der Waals surface area (Å²) in [5, 5.41) is 9.51. The Morgan fingerprint density at radius 2 is 1.94 bits per heavy atom. The second kappa shape index (κ2) is 9.73. The van der Waals surface area contributed by atoms with E-state index in [1.54, 1.807) is 20.6 Å². The third-order valence-electron chi connectivity index (χ3n) is 6.37. The van der Waals surface area contributed by atoms with Gasteiger partial charge in [0, 0.05) is 29.6 Å². The van der Waals surface area contributed by atoms with Gasteiger partial charge >= 0.3 is 5.97 Å². The third-order valence-corrected chi connectivity index (χ3v) is 8.19. The molecule has 1 fully saturated rings. The van der Waals surface area contributed by atoms with E-state index >= 15 is 0 Å². The molecule has 0 saturated heterocycles. The molecule has 0 aliphatic heterocycles. The highest BCUT2D eigenvalue weighted by atomic mass is 32.2. The minimum Gasteiger partial charge on any atom is -0.481 e. The Morgan fingerprint density at radius 1 is 1.19 bits per heavy atom. The number of aryl methyl sites for hydroxylation is 2. The number of carboxylic acids is 1. The summed E-state index contributed by atoms with van der Waals surface area (Å²) in [4.78, 5) is 46.8. The van der Waals surface area contributed by atoms with Crippen LogP contribution in [0.3, 0.4) is 0 Å². The number of rotatable bonds is 7. The summed E-state index contributed by atoms with van der Waals surface area (Å²) in [5.41, 5.74) is 0.909. The molecule has 7 nitrogen and oxygen atoms in total. The highest BCUT2D eigenvalue weighted by molar-refractivity contribution is 7.98. The fraction of sp³-hybridized carbons (Fsp3) is 0.636. The second-order valence-corrected chi connectivity index (χ2v) is 10.2. The number of hydrogen-bond acceptors (Lipinski definition) is 6. The molecule has 0 spiro atoms. The van der Waals surface area contributed by atoms with Crippen LogP contribution >= 0.6 is 23.1 Å². The highest BCUT2D eigenvalue weighted by Gasteiger charge is 2.32. The van der Waals surface area contributed by atoms with Crippen LogP contribution in [0.1, 0.15) is 78.7 Å². The van der Waals surface area contributed by atoms with Crippen molar-refractivity contribution in [2.24, 2.45) is 0 Å². The Kier molecular flexibility index (Phi) is 7.01. The van der Waals surface area contributed by atoms with Crippen molar-refractivity contribution >= 4 is 39.9 Å². The molecular formula is C22H29N3O4S2. The quantitative estimate of drug-likeness (QED) is 0.379. The summed E-state index contributed by atoms with van der Waals surface area (Å²) in [6, 6.07) is 0.0655. The van der Waals surface area contributed by atoms with Crippen LogP contribution in [-0.4, -0.2) is 50.1 Å². The molecule has 4 rings (SSSR count). The maximum Gasteiger partial charge on any atom is 0.303 e. The minimum absolute atomic E-state index is 0.0141. The number of nitrogens with zero attached hydrogens (tertiary/aromatic N) is 3. The van der Waals surface area contributed by atoms with Gasteiger partial charge in [0.05, 0.1) is 0 Å². The number of fused-ring (bicyclic) bond motifs is 3. The van der Waals surface area contributed by atoms with E-state index in [2.05, 4.69) is 0 Å². The molecule has 0 bridgehead atoms. The van der Waals surface area contributed by atoms with Gasteiger partial charge in [-0.2, -0.15) is 0 Å². The van der Waals surface area contributed by atoms with Crippen molar-refractivity contribution in [1.29, 1.82) is 0 Å². The van der Waals surface area contributed by atoms with E-state index in [1.807, 2.05) is 6.26 Å². The average molecular weight is 464 g/mol. The van der Waals surface area contributed by atoms with Crippen LogP contribution < -0.4 is 5.56 Å². The molecule has 1 amide bonds. The molecule has 1 N–H and O–H groups in total. The van der Waals surface area contributed by atoms with E-state index in [9.17, 15) is 14.4 Å². The average Bonchev–Trinajstić information content (AvgIpc) is 3.33. The number of carbonyl (C=O) groups excluding carboxylic acids is 1. The van der Waals surface area contributed by atoms with Gasteiger partial charge in [-0.3, -0.25) is 18.8 Å². The van der Waals surface area contributed by atoms with Crippen molar-refractivity contribution in [2.45, 2.75) is 81.7 Å². The third kappa shape index (κ3) is 4.53. The molecule has 2 aromatic rings. The molecule has 0 aromatic carbocycles. The van der Waals surface area contributed by atoms with E-state index in [0.717, 1.165) is 63.5 Å². The molecule has 31 heavy (non-hydrogen) atoms. The van der Waals surface area contributed by atoms with Crippen molar-refractivity contribution in [3.05, 3.63) is 26.5 Å². The van der Waals surface area contributed by atoms with Crippen molar-refractivity contribution < 1.29 is 14.7 Å². The Bertz CT molecular complexity index is 1040. The van der Waals surface area contributed by atoms with Crippen LogP contribution in [0.2, 0.25) is 0 Å². The van der Waals surface area contributed by atoms with Crippen LogP contribution in [0.5, 0.6) is 0 Å². The summed E-state index contributed by atoms with van der Waals surface area (Å²) in [7, 11) is 0. The fourth-order valence-electron chi connectivity index (χ4n) is 4.83. The molecule has 9 heteroatoms. The van der Waals surface area contributed by atoms with Crippen molar-refractivity contribution in [3.8, 4) is 0 Å². The predicted molar refractivity (Wildman–Crippen MR) is 123 cm³/mol. The van der Waals surface area contributed by atoms with Gasteiger partial charge < -0.3 is 10.0 Å². The van der Waals surface area contributed by atoms with Crippen molar-refractivity contribution in [3.63, 3.8) is 0 Å². The number of thioether (sulfide) groups is 1.